The Hall–Kier alpha value is -1.41. The van der Waals surface area contributed by atoms with E-state index in [-0.39, 0.29) is 6.61 Å². The summed E-state index contributed by atoms with van der Waals surface area (Å²) < 4.78 is 0. The van der Waals surface area contributed by atoms with Crippen LogP contribution in [0.3, 0.4) is 0 Å². The predicted molar refractivity (Wildman–Crippen MR) is 83.6 cm³/mol. The number of halogens is 1. The molecule has 0 spiro atoms. The molecule has 1 aromatic rings. The van der Waals surface area contributed by atoms with Crippen molar-refractivity contribution >= 4 is 23.0 Å². The second kappa shape index (κ2) is 6.85. The fourth-order valence-corrected chi connectivity index (χ4v) is 2.24. The first kappa shape index (κ1) is 15.0. The van der Waals surface area contributed by atoms with Crippen molar-refractivity contribution in [1.29, 1.82) is 0 Å². The minimum Gasteiger partial charge on any atom is -0.395 e. The van der Waals surface area contributed by atoms with Gasteiger partial charge in [-0.2, -0.15) is 0 Å². The molecule has 1 aliphatic rings. The Bertz CT molecular complexity index is 536. The molecular weight excluding hydrogens is 274 g/mol. The average Bonchev–Trinajstić information content (AvgIpc) is 2.85. The Kier molecular flexibility index (Phi) is 5.13. The molecule has 0 saturated heterocycles. The number of nitrogens with one attached hydrogen (secondary N) is 2. The van der Waals surface area contributed by atoms with Gasteiger partial charge in [0.15, 0.2) is 0 Å². The molecule has 0 saturated carbocycles. The Labute approximate surface area is 125 Å². The highest BCUT2D eigenvalue weighted by Gasteiger charge is 2.23. The molecule has 0 fully saturated rings. The number of hydrazine groups is 2. The van der Waals surface area contributed by atoms with Crippen LogP contribution in [0.4, 0.5) is 11.4 Å². The highest BCUT2D eigenvalue weighted by molar-refractivity contribution is 6.35. The zero-order valence-corrected chi connectivity index (χ0v) is 12.6. The Balaban J connectivity index is 2.21. The van der Waals surface area contributed by atoms with Crippen LogP contribution >= 0.6 is 11.6 Å². The van der Waals surface area contributed by atoms with Gasteiger partial charge in [0, 0.05) is 18.5 Å². The van der Waals surface area contributed by atoms with E-state index < -0.39 is 0 Å². The lowest BCUT2D eigenvalue weighted by Crippen LogP contribution is -2.38. The van der Waals surface area contributed by atoms with E-state index in [1.165, 1.54) is 0 Å². The molecule has 2 rings (SSSR count). The van der Waals surface area contributed by atoms with Crippen molar-refractivity contribution < 1.29 is 5.11 Å². The molecule has 1 aliphatic heterocycles. The molecule has 20 heavy (non-hydrogen) atoms. The van der Waals surface area contributed by atoms with E-state index in [1.807, 2.05) is 12.1 Å². The molecule has 0 radical (unpaired) electrons. The molecule has 4 nitrogen and oxygen atoms in total. The Morgan fingerprint density at radius 1 is 1.45 bits per heavy atom. The predicted octanol–water partition coefficient (Wildman–Crippen LogP) is 2.77. The monoisotopic (exact) mass is 293 g/mol. The normalized spacial score (nSPS) is 14.3. The highest BCUT2D eigenvalue weighted by atomic mass is 35.5. The average molecular weight is 294 g/mol. The summed E-state index contributed by atoms with van der Waals surface area (Å²) >= 11 is 6.37. The van der Waals surface area contributed by atoms with E-state index in [0.29, 0.717) is 17.4 Å². The van der Waals surface area contributed by atoms with Crippen LogP contribution in [0.25, 0.3) is 0 Å². The number of nitrogens with zero attached hydrogens (tertiary/aromatic N) is 1. The van der Waals surface area contributed by atoms with Crippen molar-refractivity contribution in [2.75, 3.05) is 23.6 Å². The number of rotatable bonds is 4. The second-order valence-corrected chi connectivity index (χ2v) is 5.34. The first-order valence-corrected chi connectivity index (χ1v) is 7.26. The molecule has 0 amide bonds. The summed E-state index contributed by atoms with van der Waals surface area (Å²) in [6.07, 6.45) is 1.59. The summed E-state index contributed by atoms with van der Waals surface area (Å²) in [5.74, 6) is 6.47. The summed E-state index contributed by atoms with van der Waals surface area (Å²) in [6, 6.07) is 3.93. The molecule has 1 heterocycles. The summed E-state index contributed by atoms with van der Waals surface area (Å²) in [5, 5.41) is 11.4. The Morgan fingerprint density at radius 2 is 2.25 bits per heavy atom. The molecule has 1 atom stereocenters. The number of aliphatic hydroxyl groups is 1. The van der Waals surface area contributed by atoms with Crippen molar-refractivity contribution in [2.45, 2.75) is 26.7 Å². The molecule has 108 valence electrons. The summed E-state index contributed by atoms with van der Waals surface area (Å²) in [5.41, 5.74) is 8.93. The first-order valence-electron chi connectivity index (χ1n) is 6.88. The smallest absolute Gasteiger partial charge is 0.0953 e. The van der Waals surface area contributed by atoms with Crippen molar-refractivity contribution in [1.82, 2.24) is 5.53 Å². The highest BCUT2D eigenvalue weighted by Crippen LogP contribution is 2.38. The number of benzene rings is 1. The minimum absolute atomic E-state index is 0.0675. The van der Waals surface area contributed by atoms with Gasteiger partial charge in [-0.1, -0.05) is 43.7 Å². The quantitative estimate of drug-likeness (QED) is 0.747. The second-order valence-electron chi connectivity index (χ2n) is 4.96. The molecule has 0 bridgehead atoms. The molecular formula is C15H20ClN3O. The number of fused-ring (bicyclic) bond motifs is 1. The molecule has 1 unspecified atom stereocenters. The summed E-state index contributed by atoms with van der Waals surface area (Å²) in [7, 11) is 0. The SMILES string of the molecule is CCC(C)CN1NNc2c1ccc(C#CCCO)c2Cl. The van der Waals surface area contributed by atoms with Gasteiger partial charge in [-0.3, -0.25) is 5.01 Å². The van der Waals surface area contributed by atoms with E-state index in [2.05, 4.69) is 41.7 Å². The fourth-order valence-electron chi connectivity index (χ4n) is 1.99. The van der Waals surface area contributed by atoms with Gasteiger partial charge in [-0.05, 0) is 18.1 Å². The van der Waals surface area contributed by atoms with Gasteiger partial charge in [-0.25, -0.2) is 0 Å². The van der Waals surface area contributed by atoms with E-state index in [1.54, 1.807) is 0 Å². The molecule has 1 aromatic carbocycles. The van der Waals surface area contributed by atoms with Crippen LogP contribution in [0.1, 0.15) is 32.3 Å². The number of anilines is 2. The van der Waals surface area contributed by atoms with Crippen LogP contribution in [0.2, 0.25) is 5.02 Å². The lowest BCUT2D eigenvalue weighted by atomic mass is 10.1. The van der Waals surface area contributed by atoms with Gasteiger partial charge in [0.25, 0.3) is 0 Å². The van der Waals surface area contributed by atoms with Gasteiger partial charge in [0.1, 0.15) is 0 Å². The lowest BCUT2D eigenvalue weighted by molar-refractivity contribution is 0.305. The molecule has 0 aliphatic carbocycles. The topological polar surface area (TPSA) is 47.5 Å². The lowest BCUT2D eigenvalue weighted by Gasteiger charge is -2.21. The fraction of sp³-hybridized carbons (Fsp3) is 0.467. The van der Waals surface area contributed by atoms with Gasteiger partial charge in [0.2, 0.25) is 0 Å². The van der Waals surface area contributed by atoms with E-state index in [0.717, 1.165) is 29.9 Å². The van der Waals surface area contributed by atoms with Gasteiger partial charge in [-0.15, -0.1) is 5.53 Å². The molecule has 3 N–H and O–H groups in total. The number of hydrogen-bond acceptors (Lipinski definition) is 4. The van der Waals surface area contributed by atoms with Crippen molar-refractivity contribution in [3.63, 3.8) is 0 Å². The molecule has 5 heteroatoms. The van der Waals surface area contributed by atoms with E-state index >= 15 is 0 Å². The van der Waals surface area contributed by atoms with Crippen LogP contribution in [-0.2, 0) is 0 Å². The zero-order chi connectivity index (χ0) is 14.5. The Morgan fingerprint density at radius 3 is 2.95 bits per heavy atom. The van der Waals surface area contributed by atoms with E-state index in [4.69, 9.17) is 16.7 Å². The number of aliphatic hydroxyl groups excluding tert-OH is 1. The number of hydrogen-bond donors (Lipinski definition) is 3. The molecule has 0 aromatic heterocycles. The van der Waals surface area contributed by atoms with Crippen molar-refractivity contribution in [2.24, 2.45) is 5.92 Å². The third-order valence-corrected chi connectivity index (χ3v) is 3.77. The van der Waals surface area contributed by atoms with Crippen LogP contribution in [-0.4, -0.2) is 18.3 Å². The first-order chi connectivity index (χ1) is 9.67. The van der Waals surface area contributed by atoms with Crippen LogP contribution in [0.5, 0.6) is 0 Å². The van der Waals surface area contributed by atoms with Gasteiger partial charge >= 0.3 is 0 Å². The maximum atomic E-state index is 8.75. The zero-order valence-electron chi connectivity index (χ0n) is 11.8. The van der Waals surface area contributed by atoms with Gasteiger partial charge < -0.3 is 10.5 Å². The minimum atomic E-state index is 0.0675. The maximum Gasteiger partial charge on any atom is 0.0953 e. The summed E-state index contributed by atoms with van der Waals surface area (Å²) in [4.78, 5) is 0. The standard InChI is InChI=1S/C15H20ClN3O/c1-3-11(2)10-19-13-8-7-12(6-4-5-9-20)14(16)15(13)17-18-19/h7-8,11,17-18,20H,3,5,9-10H2,1-2H3. The maximum absolute atomic E-state index is 8.75. The van der Waals surface area contributed by atoms with Crippen LogP contribution in [0, 0.1) is 17.8 Å². The van der Waals surface area contributed by atoms with Crippen molar-refractivity contribution in [3.05, 3.63) is 22.7 Å². The van der Waals surface area contributed by atoms with E-state index in [9.17, 15) is 0 Å². The third-order valence-electron chi connectivity index (χ3n) is 3.38. The van der Waals surface area contributed by atoms with Crippen molar-refractivity contribution in [3.8, 4) is 11.8 Å². The van der Waals surface area contributed by atoms with Crippen LogP contribution in [0.15, 0.2) is 12.1 Å². The van der Waals surface area contributed by atoms with Gasteiger partial charge in [0.05, 0.1) is 23.0 Å². The third kappa shape index (κ3) is 3.18. The van der Waals surface area contributed by atoms with Crippen LogP contribution < -0.4 is 16.0 Å². The summed E-state index contributed by atoms with van der Waals surface area (Å²) in [6.45, 7) is 5.39. The largest absolute Gasteiger partial charge is 0.395 e.